The molecule has 1 aliphatic heterocycles. The van der Waals surface area contributed by atoms with Crippen LogP contribution in [0.15, 0.2) is 11.6 Å². The van der Waals surface area contributed by atoms with Gasteiger partial charge in [0, 0.05) is 11.8 Å². The first-order valence-corrected chi connectivity index (χ1v) is 13.5. The van der Waals surface area contributed by atoms with Gasteiger partial charge in [-0.3, -0.25) is 9.59 Å². The van der Waals surface area contributed by atoms with Crippen LogP contribution in [0.3, 0.4) is 0 Å². The maximum atomic E-state index is 13.5. The molecular formula is C27H40O10. The van der Waals surface area contributed by atoms with Crippen LogP contribution in [-0.2, 0) is 19.1 Å². The number of aliphatic hydroxyl groups is 6. The van der Waals surface area contributed by atoms with E-state index in [2.05, 4.69) is 6.92 Å². The molecule has 5 aliphatic rings. The number of hydrogen-bond donors (Lipinski definition) is 6. The van der Waals surface area contributed by atoms with E-state index in [4.69, 9.17) is 9.47 Å². The topological polar surface area (TPSA) is 174 Å². The van der Waals surface area contributed by atoms with Crippen LogP contribution in [0, 0.1) is 28.6 Å². The highest BCUT2D eigenvalue weighted by Crippen LogP contribution is 2.67. The zero-order valence-corrected chi connectivity index (χ0v) is 21.5. The molecule has 0 bridgehead atoms. The summed E-state index contributed by atoms with van der Waals surface area (Å²) < 4.78 is 10.8. The minimum Gasteiger partial charge on any atom is -0.394 e. The zero-order valence-electron chi connectivity index (χ0n) is 21.5. The van der Waals surface area contributed by atoms with E-state index in [-0.39, 0.29) is 41.8 Å². The van der Waals surface area contributed by atoms with Gasteiger partial charge in [-0.05, 0) is 67.8 Å². The lowest BCUT2D eigenvalue weighted by Gasteiger charge is -2.60. The van der Waals surface area contributed by atoms with Crippen LogP contribution < -0.4 is 0 Å². The first-order valence-electron chi connectivity index (χ1n) is 13.5. The van der Waals surface area contributed by atoms with Crippen molar-refractivity contribution in [3.63, 3.8) is 0 Å². The molecule has 4 fully saturated rings. The van der Waals surface area contributed by atoms with Gasteiger partial charge in [-0.1, -0.05) is 19.4 Å². The van der Waals surface area contributed by atoms with Gasteiger partial charge >= 0.3 is 0 Å². The van der Waals surface area contributed by atoms with Crippen molar-refractivity contribution < 1.29 is 49.7 Å². The van der Waals surface area contributed by atoms with Crippen molar-refractivity contribution in [3.8, 4) is 0 Å². The number of carbonyl (C=O) groups is 2. The molecule has 1 saturated heterocycles. The Morgan fingerprint density at radius 3 is 2.51 bits per heavy atom. The monoisotopic (exact) mass is 524 g/mol. The van der Waals surface area contributed by atoms with Gasteiger partial charge < -0.3 is 40.1 Å². The van der Waals surface area contributed by atoms with Gasteiger partial charge in [0.2, 0.25) is 0 Å². The summed E-state index contributed by atoms with van der Waals surface area (Å²) in [7, 11) is 0. The second-order valence-electron chi connectivity index (χ2n) is 12.4. The van der Waals surface area contributed by atoms with E-state index in [0.717, 1.165) is 18.4 Å². The van der Waals surface area contributed by atoms with Gasteiger partial charge in [-0.25, -0.2) is 0 Å². The van der Waals surface area contributed by atoms with Crippen molar-refractivity contribution in [2.24, 2.45) is 28.6 Å². The van der Waals surface area contributed by atoms with Gasteiger partial charge in [-0.15, -0.1) is 0 Å². The average molecular weight is 525 g/mol. The minimum atomic E-state index is -1.75. The predicted molar refractivity (Wildman–Crippen MR) is 128 cm³/mol. The molecule has 0 radical (unpaired) electrons. The fourth-order valence-corrected chi connectivity index (χ4v) is 8.63. The number of allylic oxidation sites excluding steroid dienone is 1. The normalized spacial score (nSPS) is 51.6. The van der Waals surface area contributed by atoms with E-state index >= 15 is 0 Å². The molecule has 0 spiro atoms. The second-order valence-corrected chi connectivity index (χ2v) is 12.4. The van der Waals surface area contributed by atoms with Crippen LogP contribution in [0.2, 0.25) is 0 Å². The molecule has 10 nitrogen and oxygen atoms in total. The number of fused-ring (bicyclic) bond motifs is 5. The lowest BCUT2D eigenvalue weighted by atomic mass is 9.45. The van der Waals surface area contributed by atoms with Gasteiger partial charge in [-0.2, -0.15) is 0 Å². The standard InChI is InChI=1S/C27H40O10/c1-25-7-5-14(29)9-13(25)3-4-15-16-6-8-27(35,26(16,2)10-17(30)20(15)25)19(31)12-36-24-23(34)22(33)21(32)18(11-28)37-24/h9,15-18,20-24,28,30,32-35H,3-8,10-12H2,1-2H3/t15-,16-,17-,18+,20+,21-,22-,23+,24+,25-,26-,27-/m0/s1. The molecule has 0 aromatic carbocycles. The Kier molecular flexibility index (Phi) is 6.98. The highest BCUT2D eigenvalue weighted by Gasteiger charge is 2.68. The Bertz CT molecular complexity index is 965. The van der Waals surface area contributed by atoms with Gasteiger partial charge in [0.1, 0.15) is 36.6 Å². The summed E-state index contributed by atoms with van der Waals surface area (Å²) in [5.41, 5.74) is -1.79. The Morgan fingerprint density at radius 2 is 1.81 bits per heavy atom. The number of rotatable bonds is 5. The summed E-state index contributed by atoms with van der Waals surface area (Å²) in [4.78, 5) is 25.5. The second kappa shape index (κ2) is 9.45. The summed E-state index contributed by atoms with van der Waals surface area (Å²) >= 11 is 0. The van der Waals surface area contributed by atoms with Crippen molar-refractivity contribution in [1.82, 2.24) is 0 Å². The third-order valence-corrected chi connectivity index (χ3v) is 10.7. The predicted octanol–water partition coefficient (Wildman–Crippen LogP) is -0.394. The number of aliphatic hydroxyl groups excluding tert-OH is 5. The molecule has 4 aliphatic carbocycles. The van der Waals surface area contributed by atoms with E-state index in [0.29, 0.717) is 19.3 Å². The molecule has 208 valence electrons. The van der Waals surface area contributed by atoms with Crippen molar-refractivity contribution >= 4 is 11.6 Å². The number of ether oxygens (including phenoxy) is 2. The third kappa shape index (κ3) is 3.98. The van der Waals surface area contributed by atoms with Crippen molar-refractivity contribution in [1.29, 1.82) is 0 Å². The van der Waals surface area contributed by atoms with Crippen molar-refractivity contribution in [2.75, 3.05) is 13.2 Å². The third-order valence-electron chi connectivity index (χ3n) is 10.7. The smallest absolute Gasteiger partial charge is 0.190 e. The summed E-state index contributed by atoms with van der Waals surface area (Å²) in [6.45, 7) is 2.80. The molecule has 0 aromatic heterocycles. The van der Waals surface area contributed by atoms with Crippen LogP contribution in [0.1, 0.15) is 58.8 Å². The number of hydrogen-bond acceptors (Lipinski definition) is 10. The Labute approximate surface area is 216 Å². The quantitative estimate of drug-likeness (QED) is 0.278. The van der Waals surface area contributed by atoms with Crippen LogP contribution in [0.4, 0.5) is 0 Å². The van der Waals surface area contributed by atoms with Crippen LogP contribution in [0.5, 0.6) is 0 Å². The van der Waals surface area contributed by atoms with E-state index in [1.54, 1.807) is 6.08 Å². The Balaban J connectivity index is 1.33. The Hall–Kier alpha value is -1.24. The van der Waals surface area contributed by atoms with Gasteiger partial charge in [0.05, 0.1) is 12.7 Å². The van der Waals surface area contributed by atoms with E-state index in [1.807, 2.05) is 6.92 Å². The molecule has 0 aromatic rings. The van der Waals surface area contributed by atoms with Crippen molar-refractivity contribution in [3.05, 3.63) is 11.6 Å². The van der Waals surface area contributed by atoms with E-state index < -0.39 is 66.8 Å². The highest BCUT2D eigenvalue weighted by molar-refractivity contribution is 5.92. The SMILES string of the molecule is C[C@]12CCC(=O)C=C1CC[C@@H]1[C@@H]2[C@@H](O)C[C@@]2(C)[C@H]1CC[C@]2(O)C(=O)CO[C@@H]1O[C@H](CO)[C@H](O)[C@H](O)[C@H]1O. The maximum Gasteiger partial charge on any atom is 0.190 e. The summed E-state index contributed by atoms with van der Waals surface area (Å²) in [5.74, 6) is -0.371. The Morgan fingerprint density at radius 1 is 1.08 bits per heavy atom. The number of Topliss-reactive ketones (excluding diaryl/α,β-unsaturated/α-hetero) is 1. The molecule has 3 saturated carbocycles. The lowest BCUT2D eigenvalue weighted by molar-refractivity contribution is -0.300. The first-order chi connectivity index (χ1) is 17.4. The van der Waals surface area contributed by atoms with Crippen LogP contribution >= 0.6 is 0 Å². The molecule has 5 rings (SSSR count). The van der Waals surface area contributed by atoms with Crippen LogP contribution in [0.25, 0.3) is 0 Å². The lowest BCUT2D eigenvalue weighted by Crippen LogP contribution is -2.62. The average Bonchev–Trinajstić information content (AvgIpc) is 3.13. The maximum absolute atomic E-state index is 13.5. The molecule has 6 N–H and O–H groups in total. The molecule has 12 atom stereocenters. The zero-order chi connectivity index (χ0) is 26.9. The minimum absolute atomic E-state index is 0.0121. The molecule has 0 amide bonds. The fourth-order valence-electron chi connectivity index (χ4n) is 8.63. The largest absolute Gasteiger partial charge is 0.394 e. The highest BCUT2D eigenvalue weighted by atomic mass is 16.7. The number of carbonyl (C=O) groups excluding carboxylic acids is 2. The molecular weight excluding hydrogens is 484 g/mol. The van der Waals surface area contributed by atoms with Crippen molar-refractivity contribution in [2.45, 2.75) is 101 Å². The van der Waals surface area contributed by atoms with Crippen LogP contribution in [-0.4, -0.2) is 97.8 Å². The van der Waals surface area contributed by atoms with E-state index in [9.17, 15) is 40.2 Å². The first kappa shape index (κ1) is 27.3. The summed E-state index contributed by atoms with van der Waals surface area (Å²) in [6.07, 6.45) is -2.58. The van der Waals surface area contributed by atoms with Gasteiger partial charge in [0.25, 0.3) is 0 Å². The summed E-state index contributed by atoms with van der Waals surface area (Å²) in [5, 5.41) is 62.8. The van der Waals surface area contributed by atoms with E-state index in [1.165, 1.54) is 0 Å². The molecule has 10 heteroatoms. The molecule has 0 unspecified atom stereocenters. The summed E-state index contributed by atoms with van der Waals surface area (Å²) in [6, 6.07) is 0. The van der Waals surface area contributed by atoms with Gasteiger partial charge in [0.15, 0.2) is 17.9 Å². The molecule has 37 heavy (non-hydrogen) atoms. The number of ketones is 2. The molecule has 1 heterocycles. The fraction of sp³-hybridized carbons (Fsp3) is 0.852.